The van der Waals surface area contributed by atoms with Crippen LogP contribution in [0.3, 0.4) is 0 Å². The molecule has 3 aliphatic rings. The van der Waals surface area contributed by atoms with Crippen LogP contribution in [0.5, 0.6) is 11.5 Å². The van der Waals surface area contributed by atoms with E-state index in [-0.39, 0.29) is 83.5 Å². The van der Waals surface area contributed by atoms with E-state index >= 15 is 0 Å². The van der Waals surface area contributed by atoms with Gasteiger partial charge >= 0.3 is 29.6 Å². The molecule has 0 radical (unpaired) electrons. The Morgan fingerprint density at radius 3 is 1.95 bits per heavy atom. The number of hydrogen-bond acceptors (Lipinski definition) is 10. The van der Waals surface area contributed by atoms with Crippen molar-refractivity contribution >= 4 is 37.4 Å². The molecule has 12 heteroatoms. The summed E-state index contributed by atoms with van der Waals surface area (Å²) in [4.78, 5) is 28.6. The Morgan fingerprint density at radius 1 is 0.850 bits per heavy atom. The molecule has 6 rings (SSSR count). The van der Waals surface area contributed by atoms with Crippen molar-refractivity contribution < 1.29 is 52.7 Å². The molecule has 10 nitrogen and oxygen atoms in total. The third-order valence-corrected chi connectivity index (χ3v) is 8.44. The van der Waals surface area contributed by atoms with E-state index in [0.717, 1.165) is 0 Å². The van der Waals surface area contributed by atoms with Crippen molar-refractivity contribution in [3.8, 4) is 11.5 Å². The first-order chi connectivity index (χ1) is 18.5. The zero-order chi connectivity index (χ0) is 27.9. The third kappa shape index (κ3) is 3.78. The number of phenols is 2. The number of rotatable bonds is 2. The molecule has 3 aromatic rings. The zero-order valence-corrected chi connectivity index (χ0v) is 23.7. The Bertz CT molecular complexity index is 2350. The van der Waals surface area contributed by atoms with Crippen LogP contribution in [0, 0.1) is 15.8 Å². The van der Waals surface area contributed by atoms with E-state index in [4.69, 9.17) is 11.1 Å². The monoisotopic (exact) mass is 563 g/mol. The second-order valence-electron chi connectivity index (χ2n) is 9.33. The van der Waals surface area contributed by atoms with Crippen LogP contribution in [0.25, 0.3) is 27.2 Å². The van der Waals surface area contributed by atoms with Gasteiger partial charge in [-0.05, 0) is 12.1 Å². The number of nitrogens with one attached hydrogen (secondary N) is 1. The normalized spacial score (nSPS) is 17.6. The molecule has 0 saturated carbocycles. The van der Waals surface area contributed by atoms with Gasteiger partial charge in [0, 0.05) is 33.5 Å². The number of benzene rings is 3. The first kappa shape index (κ1) is 27.8. The fourth-order valence-corrected chi connectivity index (χ4v) is 6.01. The van der Waals surface area contributed by atoms with Gasteiger partial charge in [0.25, 0.3) is 0 Å². The molecular formula is C28H18N3NaO7S. The molecule has 0 spiro atoms. The summed E-state index contributed by atoms with van der Waals surface area (Å²) in [6.07, 6.45) is 0.625. The van der Waals surface area contributed by atoms with Gasteiger partial charge in [0.15, 0.2) is 10.9 Å². The minimum Gasteiger partial charge on any atom is -0.746 e. The molecule has 3 aliphatic carbocycles. The van der Waals surface area contributed by atoms with Gasteiger partial charge in [0.05, 0.1) is 32.4 Å². The van der Waals surface area contributed by atoms with Gasteiger partial charge in [0.2, 0.25) is 0 Å². The van der Waals surface area contributed by atoms with E-state index in [1.807, 2.05) is 0 Å². The first-order valence-corrected chi connectivity index (χ1v) is 13.1. The maximum Gasteiger partial charge on any atom is 1.00 e. The van der Waals surface area contributed by atoms with E-state index in [1.54, 1.807) is 24.3 Å². The first-order valence-electron chi connectivity index (χ1n) is 11.7. The molecule has 0 bridgehead atoms. The van der Waals surface area contributed by atoms with Crippen LogP contribution in [0.2, 0.25) is 0 Å². The van der Waals surface area contributed by atoms with Crippen LogP contribution in [0.1, 0.15) is 17.5 Å². The van der Waals surface area contributed by atoms with Gasteiger partial charge in [-0.2, -0.15) is 0 Å². The molecule has 3 aromatic carbocycles. The van der Waals surface area contributed by atoms with Crippen LogP contribution in [-0.4, -0.2) is 23.2 Å². The summed E-state index contributed by atoms with van der Waals surface area (Å²) in [7, 11) is -5.27. The van der Waals surface area contributed by atoms with Crippen molar-refractivity contribution in [1.29, 1.82) is 5.41 Å². The van der Waals surface area contributed by atoms with Crippen molar-refractivity contribution in [2.24, 2.45) is 10.7 Å². The third-order valence-electron chi connectivity index (χ3n) is 7.18. The summed E-state index contributed by atoms with van der Waals surface area (Å²) in [5.74, 6) is -1.09. The molecule has 194 valence electrons. The second kappa shape index (κ2) is 9.44. The molecule has 1 atom stereocenters. The van der Waals surface area contributed by atoms with Gasteiger partial charge in [0.1, 0.15) is 26.5 Å². The second-order valence-corrected chi connectivity index (χ2v) is 11.0. The van der Waals surface area contributed by atoms with Crippen LogP contribution >= 0.6 is 0 Å². The average molecular weight is 564 g/mol. The maximum atomic E-state index is 13.5. The standard InChI is InChI=1S/C28H19N3O7S.Na/c29-17-9-10-18(21-20(17)24(32)13-5-1-2-6-14(13)25(21)33)31-19-11-12-28(30,39(36,37)38)23-22(19)26(34)15-7-3-4-8-16(15)27(23)35;/h1-11,29,34-35H,12,30H2,(H,36,37,38);/q;+1/p-1. The molecule has 0 amide bonds. The summed E-state index contributed by atoms with van der Waals surface area (Å²) in [6, 6.07) is 14.9. The summed E-state index contributed by atoms with van der Waals surface area (Å²) in [5, 5.41) is 30.7. The largest absolute Gasteiger partial charge is 1.00 e. The predicted molar refractivity (Wildman–Crippen MR) is 141 cm³/mol. The number of fused-ring (bicyclic) bond motifs is 3. The zero-order valence-electron chi connectivity index (χ0n) is 20.9. The smallest absolute Gasteiger partial charge is 0.746 e. The van der Waals surface area contributed by atoms with Gasteiger partial charge < -0.3 is 25.9 Å². The van der Waals surface area contributed by atoms with Gasteiger partial charge in [-0.15, -0.1) is 0 Å². The predicted octanol–water partition coefficient (Wildman–Crippen LogP) is -1.79. The van der Waals surface area contributed by atoms with E-state index < -0.39 is 49.3 Å². The molecule has 40 heavy (non-hydrogen) atoms. The maximum absolute atomic E-state index is 13.5. The van der Waals surface area contributed by atoms with Gasteiger partial charge in [-0.3, -0.25) is 9.59 Å². The Kier molecular flexibility index (Phi) is 6.57. The van der Waals surface area contributed by atoms with Crippen LogP contribution in [-0.2, 0) is 15.0 Å². The fraction of sp³-hybridized carbons (Fsp3) is 0.0714. The van der Waals surface area contributed by atoms with Gasteiger partial charge in [-0.25, -0.2) is 13.4 Å². The number of phenolic OH excluding ortho intramolecular Hbond substituents is 2. The summed E-state index contributed by atoms with van der Waals surface area (Å²) < 4.78 is 37.0. The number of hydrogen-bond donors (Lipinski definition) is 4. The topological polar surface area (TPSA) is 194 Å². The van der Waals surface area contributed by atoms with Crippen LogP contribution < -0.4 is 56.9 Å². The van der Waals surface area contributed by atoms with Crippen molar-refractivity contribution in [2.45, 2.75) is 11.3 Å². The summed E-state index contributed by atoms with van der Waals surface area (Å²) in [5.41, 5.74) is 4.16. The Balaban J connectivity index is 0.00000323. The van der Waals surface area contributed by atoms with E-state index in [9.17, 15) is 32.8 Å². The van der Waals surface area contributed by atoms with Crippen molar-refractivity contribution in [3.05, 3.63) is 119 Å². The van der Waals surface area contributed by atoms with Crippen LogP contribution in [0.15, 0.2) is 81.3 Å². The number of nitrogens with zero attached hydrogens (tertiary/aromatic N) is 1. The minimum absolute atomic E-state index is 0. The number of nitrogens with two attached hydrogens (primary N) is 1. The SMILES string of the molecule is N=c1ccc(=NC2=CCC(N)(S(=O)(=O)[O-])c3c2c(O)c2ccccc2c3O)c2c(=O)c3ccccc3c(=O)c1=2.[Na+]. The Hall–Kier alpha value is -3.71. The molecule has 0 aromatic heterocycles. The fourth-order valence-electron chi connectivity index (χ4n) is 5.27. The van der Waals surface area contributed by atoms with E-state index in [0.29, 0.717) is 0 Å². The quantitative estimate of drug-likeness (QED) is 0.110. The number of aromatic hydroxyl groups is 2. The summed E-state index contributed by atoms with van der Waals surface area (Å²) >= 11 is 0. The van der Waals surface area contributed by atoms with Crippen molar-refractivity contribution in [3.63, 3.8) is 0 Å². The molecule has 0 fully saturated rings. The van der Waals surface area contributed by atoms with E-state index in [1.165, 1.54) is 42.5 Å². The molecule has 1 unspecified atom stereocenters. The van der Waals surface area contributed by atoms with Crippen LogP contribution in [0.4, 0.5) is 0 Å². The molecule has 0 saturated heterocycles. The Labute approximate surface area is 247 Å². The molecule has 0 aliphatic heterocycles. The van der Waals surface area contributed by atoms with Crippen molar-refractivity contribution in [1.82, 2.24) is 0 Å². The van der Waals surface area contributed by atoms with Crippen molar-refractivity contribution in [2.75, 3.05) is 0 Å². The molecular weight excluding hydrogens is 545 g/mol. The minimum atomic E-state index is -5.27. The van der Waals surface area contributed by atoms with E-state index in [2.05, 4.69) is 4.99 Å². The Morgan fingerprint density at radius 2 is 1.38 bits per heavy atom. The molecule has 0 heterocycles. The molecule has 5 N–H and O–H groups in total. The van der Waals surface area contributed by atoms with Gasteiger partial charge in [-0.1, -0.05) is 54.6 Å². The summed E-state index contributed by atoms with van der Waals surface area (Å²) in [6.45, 7) is 0. The average Bonchev–Trinajstić information content (AvgIpc) is 2.91.